The fourth-order valence-corrected chi connectivity index (χ4v) is 3.10. The van der Waals surface area contributed by atoms with Crippen LogP contribution in [0.15, 0.2) is 35.3 Å². The van der Waals surface area contributed by atoms with E-state index in [-0.39, 0.29) is 0 Å². The van der Waals surface area contributed by atoms with Crippen LogP contribution in [0.4, 0.5) is 10.7 Å². The Kier molecular flexibility index (Phi) is 2.62. The van der Waals surface area contributed by atoms with E-state index in [0.29, 0.717) is 10.6 Å². The smallest absolute Gasteiger partial charge is 0.130 e. The van der Waals surface area contributed by atoms with Gasteiger partial charge in [0, 0.05) is 11.3 Å². The second kappa shape index (κ2) is 4.28. The van der Waals surface area contributed by atoms with E-state index in [1.165, 1.54) is 11.3 Å². The molecule has 1 aromatic heterocycles. The van der Waals surface area contributed by atoms with Gasteiger partial charge in [0.2, 0.25) is 0 Å². The summed E-state index contributed by atoms with van der Waals surface area (Å²) in [4.78, 5) is 5.23. The second-order valence-electron chi connectivity index (χ2n) is 4.16. The van der Waals surface area contributed by atoms with E-state index >= 15 is 0 Å². The number of nitrogen functional groups attached to an aromatic ring is 1. The maximum atomic E-state index is 8.98. The number of hydrogen-bond donors (Lipinski definition) is 1. The number of nitrogens with zero attached hydrogens (tertiary/aromatic N) is 2. The fraction of sp³-hybridized carbons (Fsp3) is 0.143. The van der Waals surface area contributed by atoms with Crippen molar-refractivity contribution < 1.29 is 0 Å². The lowest BCUT2D eigenvalue weighted by Crippen LogP contribution is -2.07. The Morgan fingerprint density at radius 1 is 1.22 bits per heavy atom. The normalized spacial score (nSPS) is 13.6. The van der Waals surface area contributed by atoms with Crippen LogP contribution in [0.1, 0.15) is 22.4 Å². The number of fused-ring (bicyclic) bond motifs is 1. The summed E-state index contributed by atoms with van der Waals surface area (Å²) in [6.07, 6.45) is 1.75. The van der Waals surface area contributed by atoms with Crippen molar-refractivity contribution in [3.8, 4) is 6.07 Å². The molecular formula is C14H11N3S. The highest BCUT2D eigenvalue weighted by atomic mass is 32.1. The number of benzene rings is 1. The fourth-order valence-electron chi connectivity index (χ4n) is 2.14. The zero-order valence-electron chi connectivity index (χ0n) is 9.68. The monoisotopic (exact) mass is 253 g/mol. The average molecular weight is 253 g/mol. The number of anilines is 1. The van der Waals surface area contributed by atoms with Crippen molar-refractivity contribution in [3.05, 3.63) is 46.3 Å². The van der Waals surface area contributed by atoms with Crippen LogP contribution in [0.5, 0.6) is 0 Å². The van der Waals surface area contributed by atoms with Gasteiger partial charge in [0.05, 0.1) is 5.69 Å². The van der Waals surface area contributed by atoms with Crippen LogP contribution in [0.3, 0.4) is 0 Å². The van der Waals surface area contributed by atoms with E-state index in [4.69, 9.17) is 11.0 Å². The zero-order chi connectivity index (χ0) is 12.5. The second-order valence-corrected chi connectivity index (χ2v) is 5.16. The molecule has 18 heavy (non-hydrogen) atoms. The Hall–Kier alpha value is -2.12. The van der Waals surface area contributed by atoms with Crippen LogP contribution in [0.2, 0.25) is 0 Å². The lowest BCUT2D eigenvalue weighted by atomic mass is 9.99. The lowest BCUT2D eigenvalue weighted by molar-refractivity contribution is 1.02. The third-order valence-corrected chi connectivity index (χ3v) is 4.13. The molecule has 0 radical (unpaired) electrons. The van der Waals surface area contributed by atoms with Gasteiger partial charge in [0.25, 0.3) is 0 Å². The molecule has 0 spiro atoms. The summed E-state index contributed by atoms with van der Waals surface area (Å²) in [7, 11) is 0. The first-order valence-corrected chi connectivity index (χ1v) is 6.55. The standard InChI is InChI=1S/C14H11N3S/c15-8-12-13(16)10-6-7-11(17-14(10)18-12)9-4-2-1-3-5-9/h1-5H,6-7,16H2. The highest BCUT2D eigenvalue weighted by Gasteiger charge is 2.20. The SMILES string of the molecule is N#Cc1sc2c(c1N)CCC(c1ccccc1)=N2. The topological polar surface area (TPSA) is 62.2 Å². The van der Waals surface area contributed by atoms with E-state index in [2.05, 4.69) is 23.2 Å². The van der Waals surface area contributed by atoms with Gasteiger partial charge in [0.1, 0.15) is 15.9 Å². The van der Waals surface area contributed by atoms with Crippen molar-refractivity contribution in [3.63, 3.8) is 0 Å². The van der Waals surface area contributed by atoms with Crippen molar-refractivity contribution in [1.82, 2.24) is 0 Å². The van der Waals surface area contributed by atoms with Crippen LogP contribution in [-0.4, -0.2) is 5.71 Å². The Balaban J connectivity index is 2.07. The highest BCUT2D eigenvalue weighted by Crippen LogP contribution is 2.41. The number of nitriles is 1. The number of rotatable bonds is 1. The van der Waals surface area contributed by atoms with E-state index in [1.807, 2.05) is 18.2 Å². The molecule has 0 atom stereocenters. The third kappa shape index (κ3) is 1.69. The summed E-state index contributed by atoms with van der Waals surface area (Å²) in [5, 5.41) is 9.88. The van der Waals surface area contributed by atoms with E-state index in [9.17, 15) is 0 Å². The van der Waals surface area contributed by atoms with E-state index < -0.39 is 0 Å². The molecule has 3 nitrogen and oxygen atoms in total. The molecular weight excluding hydrogens is 242 g/mol. The van der Waals surface area contributed by atoms with Crippen molar-refractivity contribution >= 4 is 27.7 Å². The van der Waals surface area contributed by atoms with Gasteiger partial charge in [-0.3, -0.25) is 0 Å². The first kappa shape index (κ1) is 11.0. The van der Waals surface area contributed by atoms with Gasteiger partial charge < -0.3 is 5.73 Å². The number of hydrogen-bond acceptors (Lipinski definition) is 4. The predicted molar refractivity (Wildman–Crippen MR) is 74.4 cm³/mol. The molecule has 3 rings (SSSR count). The van der Waals surface area contributed by atoms with Crippen LogP contribution >= 0.6 is 11.3 Å². The molecule has 0 saturated carbocycles. The molecule has 0 aliphatic carbocycles. The number of thiophene rings is 1. The van der Waals surface area contributed by atoms with Gasteiger partial charge in [-0.05, 0) is 18.4 Å². The molecule has 1 aliphatic rings. The van der Waals surface area contributed by atoms with Gasteiger partial charge in [-0.15, -0.1) is 11.3 Å². The Morgan fingerprint density at radius 2 is 2.00 bits per heavy atom. The first-order chi connectivity index (χ1) is 8.79. The van der Waals surface area contributed by atoms with Crippen LogP contribution in [-0.2, 0) is 6.42 Å². The van der Waals surface area contributed by atoms with Crippen LogP contribution in [0, 0.1) is 11.3 Å². The predicted octanol–water partition coefficient (Wildman–Crippen LogP) is 3.27. The molecule has 1 aliphatic heterocycles. The van der Waals surface area contributed by atoms with E-state index in [1.54, 1.807) is 0 Å². The molecule has 0 saturated heterocycles. The Labute approximate surface area is 109 Å². The molecule has 1 aromatic carbocycles. The summed E-state index contributed by atoms with van der Waals surface area (Å²) >= 11 is 1.39. The minimum absolute atomic E-state index is 0.582. The highest BCUT2D eigenvalue weighted by molar-refractivity contribution is 7.17. The molecule has 2 aromatic rings. The lowest BCUT2D eigenvalue weighted by Gasteiger charge is -2.12. The van der Waals surface area contributed by atoms with Gasteiger partial charge in [0.15, 0.2) is 0 Å². The molecule has 4 heteroatoms. The molecule has 88 valence electrons. The minimum Gasteiger partial charge on any atom is -0.397 e. The molecule has 0 amide bonds. The van der Waals surface area contributed by atoms with Gasteiger partial charge in [-0.2, -0.15) is 5.26 Å². The van der Waals surface area contributed by atoms with Crippen molar-refractivity contribution in [2.75, 3.05) is 5.73 Å². The Bertz CT molecular complexity index is 662. The van der Waals surface area contributed by atoms with Crippen LogP contribution in [0.25, 0.3) is 0 Å². The largest absolute Gasteiger partial charge is 0.397 e. The zero-order valence-corrected chi connectivity index (χ0v) is 10.5. The van der Waals surface area contributed by atoms with Crippen LogP contribution < -0.4 is 5.73 Å². The van der Waals surface area contributed by atoms with E-state index in [0.717, 1.165) is 34.7 Å². The number of aliphatic imine (C=N–C) groups is 1. The maximum absolute atomic E-state index is 8.98. The summed E-state index contributed by atoms with van der Waals surface area (Å²) < 4.78 is 0. The summed E-state index contributed by atoms with van der Waals surface area (Å²) in [6.45, 7) is 0. The van der Waals surface area contributed by atoms with Gasteiger partial charge >= 0.3 is 0 Å². The Morgan fingerprint density at radius 3 is 2.72 bits per heavy atom. The van der Waals surface area contributed by atoms with Gasteiger partial charge in [-0.25, -0.2) is 4.99 Å². The first-order valence-electron chi connectivity index (χ1n) is 5.74. The molecule has 0 unspecified atom stereocenters. The average Bonchev–Trinajstić information content (AvgIpc) is 2.76. The summed E-state index contributed by atoms with van der Waals surface area (Å²) in [6, 6.07) is 12.3. The van der Waals surface area contributed by atoms with Crippen molar-refractivity contribution in [2.24, 2.45) is 4.99 Å². The molecule has 0 bridgehead atoms. The summed E-state index contributed by atoms with van der Waals surface area (Å²) in [5.74, 6) is 0. The van der Waals surface area contributed by atoms with Gasteiger partial charge in [-0.1, -0.05) is 30.3 Å². The molecule has 2 N–H and O–H groups in total. The minimum atomic E-state index is 0.582. The maximum Gasteiger partial charge on any atom is 0.130 e. The summed E-state index contributed by atoms with van der Waals surface area (Å²) in [5.41, 5.74) is 9.82. The van der Waals surface area contributed by atoms with Crippen molar-refractivity contribution in [1.29, 1.82) is 5.26 Å². The molecule has 2 heterocycles. The number of nitrogens with two attached hydrogens (primary N) is 1. The third-order valence-electron chi connectivity index (χ3n) is 3.08. The molecule has 0 fully saturated rings. The quantitative estimate of drug-likeness (QED) is 0.847. The van der Waals surface area contributed by atoms with Crippen molar-refractivity contribution in [2.45, 2.75) is 12.8 Å².